The maximum absolute atomic E-state index is 8.38. The van der Waals surface area contributed by atoms with Crippen molar-refractivity contribution in [1.82, 2.24) is 0 Å². The zero-order chi connectivity index (χ0) is 6.83. The van der Waals surface area contributed by atoms with Crippen LogP contribution in [-0.2, 0) is 21.8 Å². The van der Waals surface area contributed by atoms with Gasteiger partial charge in [0, 0.05) is 0 Å². The van der Waals surface area contributed by atoms with Gasteiger partial charge in [0.05, 0.1) is 0 Å². The minimum atomic E-state index is 0.125. The van der Waals surface area contributed by atoms with E-state index in [2.05, 4.69) is 13.8 Å². The molecule has 1 nitrogen and oxygen atoms in total. The maximum atomic E-state index is 8.38. The Morgan fingerprint density at radius 1 is 1.38 bits per heavy atom. The third-order valence-electron chi connectivity index (χ3n) is 0.854. The van der Waals surface area contributed by atoms with Crippen LogP contribution >= 0.6 is 0 Å². The predicted molar refractivity (Wildman–Crippen MR) is 30.2 cm³/mol. The van der Waals surface area contributed by atoms with Gasteiger partial charge in [-0.1, -0.05) is 39.5 Å². The van der Waals surface area contributed by atoms with Crippen LogP contribution in [0.4, 0.5) is 0 Å². The van der Waals surface area contributed by atoms with E-state index in [1.54, 1.807) is 0 Å². The topological polar surface area (TPSA) is 17.1 Å². The Labute approximate surface area is 61.8 Å². The van der Waals surface area contributed by atoms with Gasteiger partial charge in [0.15, 0.2) is 0 Å². The molecule has 0 spiro atoms. The van der Waals surface area contributed by atoms with Crippen LogP contribution in [0.1, 0.15) is 32.6 Å². The number of unbranched alkanes of at least 4 members (excludes halogenated alkanes) is 3. The van der Waals surface area contributed by atoms with E-state index in [0.29, 0.717) is 0 Å². The number of rotatable bonds is 3. The van der Waals surface area contributed by atoms with E-state index in [1.807, 2.05) is 0 Å². The van der Waals surface area contributed by atoms with Crippen molar-refractivity contribution in [2.75, 3.05) is 0 Å². The summed E-state index contributed by atoms with van der Waals surface area (Å²) in [7, 11) is 0. The summed E-state index contributed by atoms with van der Waals surface area (Å²) in [6.07, 6.45) is 5.07. The normalized spacial score (nSPS) is 7.50. The summed E-state index contributed by atoms with van der Waals surface area (Å²) in [5.74, 6) is 0. The molecule has 1 radical (unpaired) electrons. The van der Waals surface area contributed by atoms with Gasteiger partial charge in [0.1, 0.15) is 0 Å². The van der Waals surface area contributed by atoms with Crippen molar-refractivity contribution >= 4 is 0 Å². The van der Waals surface area contributed by atoms with Crippen LogP contribution in [0.2, 0.25) is 0 Å². The monoisotopic (exact) mass is 165 g/mol. The third-order valence-corrected chi connectivity index (χ3v) is 0.854. The van der Waals surface area contributed by atoms with Crippen LogP contribution in [0.3, 0.4) is 0 Å². The van der Waals surface area contributed by atoms with E-state index in [1.165, 1.54) is 19.3 Å². The summed E-state index contributed by atoms with van der Waals surface area (Å²) in [5.41, 5.74) is 0. The summed E-state index contributed by atoms with van der Waals surface area (Å²) in [6.45, 7) is 5.93. The molecule has 0 atom stereocenters. The van der Waals surface area contributed by atoms with E-state index >= 15 is 0 Å². The predicted octanol–water partition coefficient (Wildman–Crippen LogP) is 2.28. The number of hydrogen-bond donors (Lipinski definition) is 0. The van der Waals surface area contributed by atoms with Gasteiger partial charge < -0.3 is 0 Å². The summed E-state index contributed by atoms with van der Waals surface area (Å²) in [6, 6.07) is 0. The first-order chi connectivity index (χ1) is 3.91. The van der Waals surface area contributed by atoms with Crippen molar-refractivity contribution in [3.63, 3.8) is 0 Å². The molecule has 45 valence electrons. The molecule has 2 heteroatoms. The molecule has 0 aliphatic carbocycles. The van der Waals surface area contributed by atoms with Crippen molar-refractivity contribution < 1.29 is 21.8 Å². The Morgan fingerprint density at radius 3 is 2.00 bits per heavy atom. The van der Waals surface area contributed by atoms with Gasteiger partial charge >= 0.3 is 21.8 Å². The van der Waals surface area contributed by atoms with Crippen LogP contribution in [0.5, 0.6) is 0 Å². The molecular weight excluding hydrogens is 153 g/mol. The van der Waals surface area contributed by atoms with E-state index in [0.717, 1.165) is 6.42 Å². The minimum absolute atomic E-state index is 0.125. The molecule has 0 rings (SSSR count). The van der Waals surface area contributed by atoms with Gasteiger partial charge in [0.25, 0.3) is 0 Å². The quantitative estimate of drug-likeness (QED) is 0.464. The second kappa shape index (κ2) is 15.7. The summed E-state index contributed by atoms with van der Waals surface area (Å²) in [4.78, 5) is 0. The molecule has 0 aliphatic rings. The zero-order valence-corrected chi connectivity index (χ0v) is 8.62. The zero-order valence-electron chi connectivity index (χ0n) is 5.65. The van der Waals surface area contributed by atoms with Gasteiger partial charge in [-0.05, 0) is 0 Å². The van der Waals surface area contributed by atoms with Gasteiger partial charge in [-0.25, -0.2) is 0 Å². The fourth-order valence-electron chi connectivity index (χ4n) is 0.427. The molecule has 0 aromatic heterocycles. The van der Waals surface area contributed by atoms with Crippen LogP contribution in [0, 0.1) is 6.92 Å². The van der Waals surface area contributed by atoms with Crippen LogP contribution in [0.15, 0.2) is 0 Å². The average Bonchev–Trinajstić information content (AvgIpc) is 1.88. The molecule has 0 unspecified atom stereocenters. The molecule has 0 saturated heterocycles. The fraction of sp³-hybridized carbons (Fsp3) is 0.833. The van der Waals surface area contributed by atoms with Crippen molar-refractivity contribution in [3.8, 4) is 0 Å². The first kappa shape index (κ1) is 11.3. The summed E-state index contributed by atoms with van der Waals surface area (Å²) < 4.78 is 8.38. The Morgan fingerprint density at radius 2 is 1.88 bits per heavy atom. The van der Waals surface area contributed by atoms with E-state index < -0.39 is 0 Å². The Balaban J connectivity index is 0. The molecule has 0 aromatic rings. The van der Waals surface area contributed by atoms with Gasteiger partial charge in [-0.3, -0.25) is 0 Å². The molecular formula is C6H13OZn. The van der Waals surface area contributed by atoms with Crippen molar-refractivity contribution in [2.45, 2.75) is 32.6 Å². The van der Waals surface area contributed by atoms with Crippen LogP contribution in [0.25, 0.3) is 0 Å². The van der Waals surface area contributed by atoms with Gasteiger partial charge in [-0.2, -0.15) is 0 Å². The van der Waals surface area contributed by atoms with Crippen LogP contribution in [-0.4, -0.2) is 0 Å². The Kier molecular flexibility index (Phi) is 22.0. The van der Waals surface area contributed by atoms with Crippen LogP contribution < -0.4 is 0 Å². The SMILES string of the molecule is [CH2]CCCCC.[O]=[Zn]. The van der Waals surface area contributed by atoms with E-state index in [9.17, 15) is 0 Å². The van der Waals surface area contributed by atoms with Crippen molar-refractivity contribution in [1.29, 1.82) is 0 Å². The molecule has 8 heavy (non-hydrogen) atoms. The molecule has 0 N–H and O–H groups in total. The Hall–Kier alpha value is 0.423. The third kappa shape index (κ3) is 16.1. The molecule has 0 amide bonds. The van der Waals surface area contributed by atoms with Gasteiger partial charge in [-0.15, -0.1) is 0 Å². The van der Waals surface area contributed by atoms with Crippen molar-refractivity contribution in [2.24, 2.45) is 0 Å². The summed E-state index contributed by atoms with van der Waals surface area (Å²) >= 11 is 0.125. The Bertz CT molecular complexity index is 27.7. The van der Waals surface area contributed by atoms with E-state index in [4.69, 9.17) is 3.57 Å². The molecule has 0 fully saturated rings. The second-order valence-electron chi connectivity index (χ2n) is 1.56. The molecule has 0 aromatic carbocycles. The van der Waals surface area contributed by atoms with Crippen molar-refractivity contribution in [3.05, 3.63) is 6.92 Å². The molecule has 0 heterocycles. The molecule has 0 saturated carbocycles. The second-order valence-corrected chi connectivity index (χ2v) is 1.56. The first-order valence-corrected chi connectivity index (χ1v) is 4.21. The molecule has 0 bridgehead atoms. The standard InChI is InChI=1S/C6H13.O.Zn/c1-3-5-6-4-2;;/h1,3-6H2,2H3;;. The first-order valence-electron chi connectivity index (χ1n) is 3.00. The average molecular weight is 167 g/mol. The van der Waals surface area contributed by atoms with Gasteiger partial charge in [0.2, 0.25) is 0 Å². The number of hydrogen-bond acceptors (Lipinski definition) is 1. The molecule has 0 aliphatic heterocycles. The summed E-state index contributed by atoms with van der Waals surface area (Å²) in [5, 5.41) is 0. The van der Waals surface area contributed by atoms with E-state index in [-0.39, 0.29) is 18.3 Å². The fourth-order valence-corrected chi connectivity index (χ4v) is 0.427.